The van der Waals surface area contributed by atoms with E-state index in [4.69, 9.17) is 0 Å². The van der Waals surface area contributed by atoms with E-state index in [1.54, 1.807) is 0 Å². The maximum Gasteiger partial charge on any atom is 0.307 e. The number of rotatable bonds is 2. The highest BCUT2D eigenvalue weighted by molar-refractivity contribution is 8.00. The lowest BCUT2D eigenvalue weighted by atomic mass is 9.94. The topological polar surface area (TPSA) is 57.6 Å². The van der Waals surface area contributed by atoms with Gasteiger partial charge in [-0.25, -0.2) is 0 Å². The van der Waals surface area contributed by atoms with Crippen molar-refractivity contribution in [3.8, 4) is 0 Å². The largest absolute Gasteiger partial charge is 0.481 e. The van der Waals surface area contributed by atoms with Gasteiger partial charge in [0, 0.05) is 23.6 Å². The summed E-state index contributed by atoms with van der Waals surface area (Å²) in [6.45, 7) is 7.81. The van der Waals surface area contributed by atoms with Crippen molar-refractivity contribution in [2.75, 3.05) is 18.8 Å². The van der Waals surface area contributed by atoms with Gasteiger partial charge in [0.2, 0.25) is 5.91 Å². The zero-order valence-electron chi connectivity index (χ0n) is 11.9. The predicted molar refractivity (Wildman–Crippen MR) is 76.1 cm³/mol. The summed E-state index contributed by atoms with van der Waals surface area (Å²) in [6.07, 6.45) is 1.36. The SMILES string of the molecule is CC1CC(C(=O)O)C(C(=O)N2CCSC(C)(C)C2)C1. The number of carbonyl (C=O) groups is 2. The fourth-order valence-corrected chi connectivity index (χ4v) is 4.39. The second kappa shape index (κ2) is 5.35. The van der Waals surface area contributed by atoms with Gasteiger partial charge < -0.3 is 10.0 Å². The Bertz CT molecular complexity index is 383. The number of carboxylic acid groups (broad SMARTS) is 1. The number of hydrogen-bond acceptors (Lipinski definition) is 3. The van der Waals surface area contributed by atoms with Crippen LogP contribution in [0, 0.1) is 17.8 Å². The van der Waals surface area contributed by atoms with Gasteiger partial charge in [0.25, 0.3) is 0 Å². The zero-order chi connectivity index (χ0) is 14.2. The number of carbonyl (C=O) groups excluding carboxylic acids is 1. The van der Waals surface area contributed by atoms with Crippen molar-refractivity contribution >= 4 is 23.6 Å². The van der Waals surface area contributed by atoms with Gasteiger partial charge in [-0.15, -0.1) is 0 Å². The van der Waals surface area contributed by atoms with E-state index in [2.05, 4.69) is 13.8 Å². The standard InChI is InChI=1S/C14H23NO3S/c1-9-6-10(11(7-9)13(17)18)12(16)15-4-5-19-14(2,3)8-15/h9-11H,4-8H2,1-3H3,(H,17,18). The Hall–Kier alpha value is -0.710. The smallest absolute Gasteiger partial charge is 0.307 e. The van der Waals surface area contributed by atoms with Gasteiger partial charge in [-0.3, -0.25) is 9.59 Å². The van der Waals surface area contributed by atoms with Crippen molar-refractivity contribution in [2.24, 2.45) is 17.8 Å². The van der Waals surface area contributed by atoms with Crippen LogP contribution in [-0.2, 0) is 9.59 Å². The first kappa shape index (κ1) is 14.7. The average molecular weight is 285 g/mol. The van der Waals surface area contributed by atoms with Crippen LogP contribution in [0.1, 0.15) is 33.6 Å². The van der Waals surface area contributed by atoms with E-state index in [9.17, 15) is 14.7 Å². The molecular weight excluding hydrogens is 262 g/mol. The number of carboxylic acids is 1. The number of amides is 1. The zero-order valence-corrected chi connectivity index (χ0v) is 12.7. The summed E-state index contributed by atoms with van der Waals surface area (Å²) < 4.78 is 0.0802. The van der Waals surface area contributed by atoms with Crippen LogP contribution >= 0.6 is 11.8 Å². The third-order valence-corrected chi connectivity index (χ3v) is 5.47. The highest BCUT2D eigenvalue weighted by Crippen LogP contribution is 2.39. The third-order valence-electron chi connectivity index (χ3n) is 4.17. The van der Waals surface area contributed by atoms with Crippen LogP contribution in [0.4, 0.5) is 0 Å². The fraction of sp³-hybridized carbons (Fsp3) is 0.857. The minimum atomic E-state index is -0.812. The van der Waals surface area contributed by atoms with Crippen LogP contribution in [0.25, 0.3) is 0 Å². The highest BCUT2D eigenvalue weighted by Gasteiger charge is 2.44. The molecule has 1 saturated carbocycles. The first-order valence-electron chi connectivity index (χ1n) is 6.96. The molecule has 3 atom stereocenters. The first-order chi connectivity index (χ1) is 8.80. The van der Waals surface area contributed by atoms with Crippen LogP contribution < -0.4 is 0 Å². The fourth-order valence-electron chi connectivity index (χ4n) is 3.28. The quantitative estimate of drug-likeness (QED) is 0.844. The maximum atomic E-state index is 12.6. The Morgan fingerprint density at radius 2 is 1.89 bits per heavy atom. The Morgan fingerprint density at radius 1 is 1.26 bits per heavy atom. The predicted octanol–water partition coefficient (Wildman–Crippen LogP) is 2.09. The lowest BCUT2D eigenvalue weighted by Gasteiger charge is -2.39. The summed E-state index contributed by atoms with van der Waals surface area (Å²) in [5, 5.41) is 9.28. The highest BCUT2D eigenvalue weighted by atomic mass is 32.2. The molecule has 0 aromatic heterocycles. The Morgan fingerprint density at radius 3 is 2.47 bits per heavy atom. The molecule has 0 aromatic rings. The third kappa shape index (κ3) is 3.25. The summed E-state index contributed by atoms with van der Waals surface area (Å²) in [5.74, 6) is -0.272. The average Bonchev–Trinajstić information content (AvgIpc) is 2.69. The number of hydrogen-bond donors (Lipinski definition) is 1. The molecule has 1 aliphatic heterocycles. The minimum absolute atomic E-state index is 0.0603. The summed E-state index contributed by atoms with van der Waals surface area (Å²) in [7, 11) is 0. The molecule has 1 N–H and O–H groups in total. The van der Waals surface area contributed by atoms with Crippen LogP contribution in [0.3, 0.4) is 0 Å². The molecule has 4 nitrogen and oxygen atoms in total. The molecule has 2 aliphatic rings. The van der Waals surface area contributed by atoms with Crippen LogP contribution in [-0.4, -0.2) is 45.5 Å². The molecule has 1 heterocycles. The summed E-state index contributed by atoms with van der Waals surface area (Å²) in [5.41, 5.74) is 0. The van der Waals surface area contributed by atoms with E-state index in [1.807, 2.05) is 23.6 Å². The van der Waals surface area contributed by atoms with Gasteiger partial charge in [-0.2, -0.15) is 11.8 Å². The van der Waals surface area contributed by atoms with Crippen molar-refractivity contribution < 1.29 is 14.7 Å². The summed E-state index contributed by atoms with van der Waals surface area (Å²) in [6, 6.07) is 0. The van der Waals surface area contributed by atoms with Crippen molar-refractivity contribution in [1.82, 2.24) is 4.90 Å². The molecule has 0 spiro atoms. The molecule has 108 valence electrons. The molecule has 2 rings (SSSR count). The normalized spacial score (nSPS) is 34.3. The molecule has 2 fully saturated rings. The first-order valence-corrected chi connectivity index (χ1v) is 7.94. The number of thioether (sulfide) groups is 1. The summed E-state index contributed by atoms with van der Waals surface area (Å²) >= 11 is 1.88. The summed E-state index contributed by atoms with van der Waals surface area (Å²) in [4.78, 5) is 25.8. The van der Waals surface area contributed by atoms with E-state index < -0.39 is 11.9 Å². The van der Waals surface area contributed by atoms with E-state index in [0.717, 1.165) is 25.3 Å². The molecule has 3 unspecified atom stereocenters. The van der Waals surface area contributed by atoms with E-state index in [1.165, 1.54) is 0 Å². The van der Waals surface area contributed by atoms with Gasteiger partial charge in [-0.1, -0.05) is 6.92 Å². The Kier molecular flexibility index (Phi) is 4.14. The second-order valence-electron chi connectivity index (χ2n) is 6.50. The molecule has 1 amide bonds. The van der Waals surface area contributed by atoms with Crippen molar-refractivity contribution in [2.45, 2.75) is 38.4 Å². The Balaban J connectivity index is 2.08. The van der Waals surface area contributed by atoms with Gasteiger partial charge in [0.1, 0.15) is 0 Å². The van der Waals surface area contributed by atoms with Gasteiger partial charge >= 0.3 is 5.97 Å². The molecule has 1 saturated heterocycles. The maximum absolute atomic E-state index is 12.6. The molecule has 5 heteroatoms. The van der Waals surface area contributed by atoms with Crippen LogP contribution in [0.5, 0.6) is 0 Å². The van der Waals surface area contributed by atoms with E-state index in [0.29, 0.717) is 12.3 Å². The molecule has 0 aromatic carbocycles. The van der Waals surface area contributed by atoms with Crippen molar-refractivity contribution in [1.29, 1.82) is 0 Å². The number of nitrogens with zero attached hydrogens (tertiary/aromatic N) is 1. The van der Waals surface area contributed by atoms with E-state index in [-0.39, 0.29) is 16.6 Å². The van der Waals surface area contributed by atoms with Gasteiger partial charge in [0.05, 0.1) is 11.8 Å². The number of aliphatic carboxylic acids is 1. The molecular formula is C14H23NO3S. The minimum Gasteiger partial charge on any atom is -0.481 e. The van der Waals surface area contributed by atoms with Gasteiger partial charge in [0.15, 0.2) is 0 Å². The second-order valence-corrected chi connectivity index (χ2v) is 8.30. The molecule has 19 heavy (non-hydrogen) atoms. The lowest BCUT2D eigenvalue weighted by Crippen LogP contribution is -2.49. The van der Waals surface area contributed by atoms with Crippen molar-refractivity contribution in [3.63, 3.8) is 0 Å². The van der Waals surface area contributed by atoms with Gasteiger partial charge in [-0.05, 0) is 32.6 Å². The molecule has 0 bridgehead atoms. The molecule has 1 aliphatic carbocycles. The molecule has 0 radical (unpaired) electrons. The lowest BCUT2D eigenvalue weighted by molar-refractivity contribution is -0.149. The van der Waals surface area contributed by atoms with Crippen molar-refractivity contribution in [3.05, 3.63) is 0 Å². The Labute approximate surface area is 118 Å². The van der Waals surface area contributed by atoms with E-state index >= 15 is 0 Å². The monoisotopic (exact) mass is 285 g/mol. The van der Waals surface area contributed by atoms with Crippen LogP contribution in [0.2, 0.25) is 0 Å². The van der Waals surface area contributed by atoms with Crippen LogP contribution in [0.15, 0.2) is 0 Å².